The van der Waals surface area contributed by atoms with E-state index < -0.39 is 0 Å². The minimum atomic E-state index is -0.130. The summed E-state index contributed by atoms with van der Waals surface area (Å²) in [4.78, 5) is 34.5. The molecule has 3 heterocycles. The zero-order valence-corrected chi connectivity index (χ0v) is 20.2. The third-order valence-corrected chi connectivity index (χ3v) is 7.26. The molecule has 1 saturated carbocycles. The van der Waals surface area contributed by atoms with Crippen LogP contribution in [0.1, 0.15) is 55.2 Å². The Balaban J connectivity index is 1.48. The van der Waals surface area contributed by atoms with Gasteiger partial charge in [-0.1, -0.05) is 25.3 Å². The molecule has 9 nitrogen and oxygen atoms in total. The number of likely N-dealkylation sites (N-methyl/N-ethyl adjacent to an activating group) is 1. The van der Waals surface area contributed by atoms with Crippen molar-refractivity contribution < 1.29 is 19.4 Å². The highest BCUT2D eigenvalue weighted by atomic mass is 16.5. The van der Waals surface area contributed by atoms with E-state index >= 15 is 0 Å². The Morgan fingerprint density at radius 3 is 2.68 bits per heavy atom. The average Bonchev–Trinajstić information content (AvgIpc) is 3.29. The summed E-state index contributed by atoms with van der Waals surface area (Å²) in [7, 11) is 0. The number of nitrogens with zero attached hydrogens (tertiary/aromatic N) is 4. The Labute approximate surface area is 201 Å². The van der Waals surface area contributed by atoms with Gasteiger partial charge in [-0.25, -0.2) is 4.98 Å². The lowest BCUT2D eigenvalue weighted by atomic mass is 9.79. The molecule has 0 bridgehead atoms. The molecule has 2 fully saturated rings. The van der Waals surface area contributed by atoms with E-state index in [1.165, 1.54) is 19.3 Å². The zero-order chi connectivity index (χ0) is 24.0. The average molecular weight is 472 g/mol. The summed E-state index contributed by atoms with van der Waals surface area (Å²) in [6, 6.07) is 5.46. The summed E-state index contributed by atoms with van der Waals surface area (Å²) in [5.41, 5.74) is 1.76. The van der Waals surface area contributed by atoms with Gasteiger partial charge in [0.15, 0.2) is 0 Å². The number of carbonyl (C=O) groups excluding carboxylic acids is 2. The van der Waals surface area contributed by atoms with E-state index in [4.69, 9.17) is 4.74 Å². The fraction of sp³-hybridized carbons (Fsp3) is 0.640. The number of amides is 2. The fourth-order valence-corrected chi connectivity index (χ4v) is 5.37. The lowest BCUT2D eigenvalue weighted by Gasteiger charge is -2.48. The number of carbonyl (C=O) groups is 2. The van der Waals surface area contributed by atoms with Gasteiger partial charge < -0.3 is 20.1 Å². The molecule has 1 aliphatic heterocycles. The van der Waals surface area contributed by atoms with Gasteiger partial charge in [-0.15, -0.1) is 0 Å². The van der Waals surface area contributed by atoms with Crippen molar-refractivity contribution in [2.75, 3.05) is 52.5 Å². The number of morpholine rings is 1. The Hall–Kier alpha value is -2.49. The van der Waals surface area contributed by atoms with Crippen LogP contribution in [0.4, 0.5) is 0 Å². The number of fused-ring (bicyclic) bond motifs is 1. The van der Waals surface area contributed by atoms with Crippen LogP contribution in [-0.2, 0) is 16.0 Å². The van der Waals surface area contributed by atoms with E-state index in [2.05, 4.69) is 15.2 Å². The quantitative estimate of drug-likeness (QED) is 0.575. The molecule has 34 heavy (non-hydrogen) atoms. The molecule has 4 rings (SSSR count). The van der Waals surface area contributed by atoms with E-state index in [0.29, 0.717) is 36.7 Å². The molecule has 0 radical (unpaired) electrons. The van der Waals surface area contributed by atoms with Crippen molar-refractivity contribution in [1.29, 1.82) is 0 Å². The lowest BCUT2D eigenvalue weighted by Crippen LogP contribution is -2.59. The van der Waals surface area contributed by atoms with Gasteiger partial charge in [-0.05, 0) is 31.9 Å². The molecule has 1 saturated heterocycles. The molecule has 0 spiro atoms. The number of ether oxygens (including phenoxy) is 1. The van der Waals surface area contributed by atoms with Gasteiger partial charge in [0.1, 0.15) is 11.3 Å². The van der Waals surface area contributed by atoms with Gasteiger partial charge in [0.05, 0.1) is 31.9 Å². The van der Waals surface area contributed by atoms with Crippen molar-refractivity contribution in [1.82, 2.24) is 24.5 Å². The summed E-state index contributed by atoms with van der Waals surface area (Å²) in [5, 5.41) is 12.4. The maximum atomic E-state index is 13.3. The third kappa shape index (κ3) is 5.42. The number of hydrogen-bond donors (Lipinski definition) is 2. The zero-order valence-electron chi connectivity index (χ0n) is 20.2. The van der Waals surface area contributed by atoms with Crippen LogP contribution in [0.3, 0.4) is 0 Å². The van der Waals surface area contributed by atoms with Crippen LogP contribution in [-0.4, -0.2) is 94.2 Å². The first kappa shape index (κ1) is 24.6. The second kappa shape index (κ2) is 11.3. The molecule has 186 valence electrons. The van der Waals surface area contributed by atoms with Crippen LogP contribution in [0.15, 0.2) is 24.4 Å². The molecular weight excluding hydrogens is 434 g/mol. The first-order valence-electron chi connectivity index (χ1n) is 12.5. The predicted octanol–water partition coefficient (Wildman–Crippen LogP) is 1.48. The Morgan fingerprint density at radius 2 is 1.97 bits per heavy atom. The van der Waals surface area contributed by atoms with Crippen LogP contribution >= 0.6 is 0 Å². The summed E-state index contributed by atoms with van der Waals surface area (Å²) >= 11 is 0. The lowest BCUT2D eigenvalue weighted by molar-refractivity contribution is -0.130. The van der Waals surface area contributed by atoms with Crippen molar-refractivity contribution in [3.63, 3.8) is 0 Å². The molecule has 2 aromatic heterocycles. The molecule has 0 unspecified atom stereocenters. The summed E-state index contributed by atoms with van der Waals surface area (Å²) < 4.78 is 7.33. The second-order valence-corrected chi connectivity index (χ2v) is 9.31. The minimum Gasteiger partial charge on any atom is -0.395 e. The number of rotatable bonds is 9. The van der Waals surface area contributed by atoms with Crippen molar-refractivity contribution in [2.24, 2.45) is 0 Å². The number of hydrogen-bond acceptors (Lipinski definition) is 6. The number of pyridine rings is 1. The largest absolute Gasteiger partial charge is 0.395 e. The van der Waals surface area contributed by atoms with E-state index in [1.807, 2.05) is 19.1 Å². The third-order valence-electron chi connectivity index (χ3n) is 7.26. The van der Waals surface area contributed by atoms with E-state index in [9.17, 15) is 14.7 Å². The maximum Gasteiger partial charge on any atom is 0.268 e. The Bertz CT molecular complexity index is 979. The number of imidazole rings is 1. The highest BCUT2D eigenvalue weighted by Crippen LogP contribution is 2.34. The topological polar surface area (TPSA) is 99.4 Å². The van der Waals surface area contributed by atoms with Crippen LogP contribution in [0.2, 0.25) is 0 Å². The van der Waals surface area contributed by atoms with Crippen molar-refractivity contribution in [3.05, 3.63) is 35.8 Å². The number of aliphatic hydroxyl groups excluding tert-OH is 1. The summed E-state index contributed by atoms with van der Waals surface area (Å²) in [6.07, 6.45) is 7.72. The normalized spacial score (nSPS) is 18.6. The van der Waals surface area contributed by atoms with Crippen molar-refractivity contribution in [3.8, 4) is 0 Å². The van der Waals surface area contributed by atoms with E-state index in [-0.39, 0.29) is 30.4 Å². The van der Waals surface area contributed by atoms with Crippen LogP contribution in [0.5, 0.6) is 0 Å². The van der Waals surface area contributed by atoms with Gasteiger partial charge in [-0.2, -0.15) is 0 Å². The van der Waals surface area contributed by atoms with Crippen molar-refractivity contribution in [2.45, 2.75) is 51.0 Å². The smallest absolute Gasteiger partial charge is 0.268 e. The highest BCUT2D eigenvalue weighted by molar-refractivity contribution is 5.93. The van der Waals surface area contributed by atoms with Gasteiger partial charge in [0.2, 0.25) is 5.91 Å². The molecule has 2 aliphatic rings. The minimum absolute atomic E-state index is 0.00553. The van der Waals surface area contributed by atoms with Gasteiger partial charge >= 0.3 is 0 Å². The molecule has 1 aliphatic carbocycles. The SMILES string of the molecule is CCN(CCO)C(=O)Cc1cn2c(C(=O)NCC3(N4CCOCC4)CCCCC3)cccc2n1. The fourth-order valence-electron chi connectivity index (χ4n) is 5.37. The molecule has 2 aromatic rings. The summed E-state index contributed by atoms with van der Waals surface area (Å²) in [5.74, 6) is -0.217. The standard InChI is InChI=1S/C25H37N5O4/c1-2-28(11-14-31)23(32)17-20-18-30-21(7-6-8-22(30)27-20)24(33)26-19-25(9-4-3-5-10-25)29-12-15-34-16-13-29/h6-8,18,31H,2-5,9-17,19H2,1H3,(H,26,33). The molecular formula is C25H37N5O4. The van der Waals surface area contributed by atoms with Gasteiger partial charge in [0.25, 0.3) is 5.91 Å². The van der Waals surface area contributed by atoms with E-state index in [0.717, 1.165) is 39.1 Å². The van der Waals surface area contributed by atoms with Crippen LogP contribution in [0, 0.1) is 0 Å². The van der Waals surface area contributed by atoms with Crippen LogP contribution < -0.4 is 5.32 Å². The summed E-state index contributed by atoms with van der Waals surface area (Å²) in [6.45, 7) is 6.60. The molecule has 9 heteroatoms. The monoisotopic (exact) mass is 471 g/mol. The molecule has 0 atom stereocenters. The van der Waals surface area contributed by atoms with Gasteiger partial charge in [0, 0.05) is 44.5 Å². The first-order chi connectivity index (χ1) is 16.6. The number of aromatic nitrogens is 2. The Morgan fingerprint density at radius 1 is 1.21 bits per heavy atom. The predicted molar refractivity (Wildman–Crippen MR) is 129 cm³/mol. The molecule has 0 aromatic carbocycles. The number of nitrogens with one attached hydrogen (secondary N) is 1. The molecule has 2 N–H and O–H groups in total. The first-order valence-corrected chi connectivity index (χ1v) is 12.5. The Kier molecular flexibility index (Phi) is 8.18. The van der Waals surface area contributed by atoms with Gasteiger partial charge in [-0.3, -0.25) is 18.9 Å². The highest BCUT2D eigenvalue weighted by Gasteiger charge is 2.39. The van der Waals surface area contributed by atoms with Crippen molar-refractivity contribution >= 4 is 17.5 Å². The maximum absolute atomic E-state index is 13.3. The van der Waals surface area contributed by atoms with E-state index in [1.54, 1.807) is 21.6 Å². The van der Waals surface area contributed by atoms with Crippen LogP contribution in [0.25, 0.3) is 5.65 Å². The second-order valence-electron chi connectivity index (χ2n) is 9.31. The molecule has 2 amide bonds. The number of aliphatic hydroxyl groups is 1.